The van der Waals surface area contributed by atoms with Gasteiger partial charge in [0.15, 0.2) is 0 Å². The van der Waals surface area contributed by atoms with Crippen molar-refractivity contribution >= 4 is 35.8 Å². The summed E-state index contributed by atoms with van der Waals surface area (Å²) in [6, 6.07) is 0. The minimum atomic E-state index is -0.177. The predicted octanol–water partition coefficient (Wildman–Crippen LogP) is 15.0. The van der Waals surface area contributed by atoms with Gasteiger partial charge in [-0.3, -0.25) is 28.8 Å². The zero-order valence-corrected chi connectivity index (χ0v) is 59.2. The van der Waals surface area contributed by atoms with Crippen molar-refractivity contribution in [1.82, 2.24) is 0 Å². The van der Waals surface area contributed by atoms with Crippen molar-refractivity contribution in [2.24, 2.45) is 225 Å². The second kappa shape index (κ2) is 22.7. The Hall–Kier alpha value is -3.18. The zero-order valence-electron chi connectivity index (χ0n) is 59.2. The largest absolute Gasteiger partial charge is 0.462 e. The minimum absolute atomic E-state index is 0.0392. The first-order valence-electron chi connectivity index (χ1n) is 40.9. The van der Waals surface area contributed by atoms with E-state index in [-0.39, 0.29) is 107 Å². The van der Waals surface area contributed by atoms with Crippen molar-refractivity contribution in [3.8, 4) is 0 Å². The molecule has 522 valence electrons. The molecule has 2 aliphatic heterocycles. The Labute approximate surface area is 567 Å². The predicted molar refractivity (Wildman–Crippen MR) is 353 cm³/mol. The van der Waals surface area contributed by atoms with E-state index in [1.54, 1.807) is 0 Å². The smallest absolute Gasteiger partial charge is 0.310 e. The van der Waals surface area contributed by atoms with Crippen molar-refractivity contribution in [3.05, 3.63) is 0 Å². The summed E-state index contributed by atoms with van der Waals surface area (Å²) in [6.07, 6.45) is 28.5. The molecule has 0 aromatic carbocycles. The van der Waals surface area contributed by atoms with Gasteiger partial charge < -0.3 is 28.4 Å². The lowest BCUT2D eigenvalue weighted by atomic mass is 9.54. The topological polar surface area (TPSA) is 158 Å². The van der Waals surface area contributed by atoms with Gasteiger partial charge in [0.25, 0.3) is 0 Å². The van der Waals surface area contributed by atoms with Gasteiger partial charge in [0, 0.05) is 23.7 Å². The Morgan fingerprint density at radius 1 is 0.347 bits per heavy atom. The summed E-state index contributed by atoms with van der Waals surface area (Å²) in [6.45, 7) is 21.4. The lowest BCUT2D eigenvalue weighted by molar-refractivity contribution is -0.193. The molecule has 23 aliphatic rings. The maximum absolute atomic E-state index is 13.3. The van der Waals surface area contributed by atoms with Crippen LogP contribution < -0.4 is 0 Å². The van der Waals surface area contributed by atoms with Gasteiger partial charge in [0.1, 0.15) is 36.1 Å². The van der Waals surface area contributed by atoms with Crippen LogP contribution in [-0.4, -0.2) is 71.9 Å². The van der Waals surface area contributed by atoms with Crippen LogP contribution in [-0.2, 0) is 57.2 Å². The van der Waals surface area contributed by atoms with Crippen molar-refractivity contribution in [1.29, 1.82) is 0 Å². The summed E-state index contributed by atoms with van der Waals surface area (Å²) in [5.74, 6) is 24.1. The molecule has 39 unspecified atom stereocenters. The quantitative estimate of drug-likeness (QED) is 0.129. The highest BCUT2D eigenvalue weighted by Gasteiger charge is 2.72. The first kappa shape index (κ1) is 62.8. The van der Waals surface area contributed by atoms with Gasteiger partial charge in [-0.15, -0.1) is 0 Å². The zero-order chi connectivity index (χ0) is 65.0. The van der Waals surface area contributed by atoms with Crippen LogP contribution in [0.5, 0.6) is 0 Å². The first-order chi connectivity index (χ1) is 45.7. The number of ether oxygens (including phenoxy) is 6. The number of esters is 6. The second-order valence-corrected chi connectivity index (χ2v) is 39.6. The summed E-state index contributed by atoms with van der Waals surface area (Å²) >= 11 is 0. The van der Waals surface area contributed by atoms with Crippen LogP contribution in [0.25, 0.3) is 0 Å². The highest BCUT2D eigenvalue weighted by atomic mass is 16.6. The molecule has 39 atom stereocenters. The fourth-order valence-corrected chi connectivity index (χ4v) is 32.3. The standard InChI is InChI=1S/C24H32O4.C23H30O4.C20H30O2.C16H26O2/c1-8-9(2)13-6-12(8)19-11-4-15(20(13)19)16(5-11)23(25)27-21-14-7-17-18(10(14)3)24(26)28-22(17)21;1-8-9(2)13-7-12(8)18-10-3-14(19(13)18)16(4-10)22(24)26-20-11-5-15-17(6-11)23(25)27-21(15)20;1-11-12(2)17-6-16(11)7-18(17)19(21)22-20-8-13-3-14(9-20)5-15(4-13)10-20;1-10-11(2)14-8-12(10)9-15(14)16(17)18-13-6-4-3-5-7-13/h8-22H,4-7H2,1-3H3;8-21H,3-7H2,1-2H3;11-18H,3-10H2,1-2H3;10-15H,3-9H2,1-2H3. The fraction of sp³-hybridized carbons (Fsp3) is 0.928. The van der Waals surface area contributed by atoms with Crippen LogP contribution in [0.3, 0.4) is 0 Å². The first-order valence-corrected chi connectivity index (χ1v) is 40.9. The van der Waals surface area contributed by atoms with Crippen molar-refractivity contribution in [2.45, 2.75) is 253 Å². The van der Waals surface area contributed by atoms with Gasteiger partial charge in [-0.1, -0.05) is 68.7 Å². The molecule has 0 aromatic rings. The monoisotopic (exact) mass is 1310 g/mol. The van der Waals surface area contributed by atoms with Gasteiger partial charge >= 0.3 is 35.8 Å². The van der Waals surface area contributed by atoms with E-state index >= 15 is 0 Å². The molecule has 0 spiro atoms. The summed E-state index contributed by atoms with van der Waals surface area (Å²) in [4.78, 5) is 76.0. The van der Waals surface area contributed by atoms with E-state index in [1.807, 2.05) is 0 Å². The summed E-state index contributed by atoms with van der Waals surface area (Å²) in [7, 11) is 0. The van der Waals surface area contributed by atoms with E-state index in [0.29, 0.717) is 65.1 Å². The molecule has 12 nitrogen and oxygen atoms in total. The average molecular weight is 1310 g/mol. The third-order valence-electron chi connectivity index (χ3n) is 36.7. The molecule has 0 aromatic heterocycles. The van der Waals surface area contributed by atoms with E-state index in [2.05, 4.69) is 62.3 Å². The van der Waals surface area contributed by atoms with Crippen LogP contribution in [0.1, 0.15) is 216 Å². The third kappa shape index (κ3) is 9.35. The molecular formula is C83H118O12. The van der Waals surface area contributed by atoms with Crippen LogP contribution in [0, 0.1) is 225 Å². The van der Waals surface area contributed by atoms with Crippen LogP contribution in [0.4, 0.5) is 0 Å². The van der Waals surface area contributed by atoms with Gasteiger partial charge in [-0.25, -0.2) is 0 Å². The van der Waals surface area contributed by atoms with E-state index in [0.717, 1.165) is 182 Å². The SMILES string of the molecule is CC1C(C)C2CC1C1C3CC(C(=O)OC4C5CC6C(=O)OC4C6C5)C(C3)C21.CC1C(C)C2CC1C1C3CC(C(=O)OC4C5CC6C4OC(=O)C6C5C)C(C3)C21.CC1C2CC(C(=O)OC34CC5CC(CC(C5)C3)C4)C(C2)C1C.CC1C2CC(C(=O)OC3CCCCC3)C(C2)C1C. The lowest BCUT2D eigenvalue weighted by Crippen LogP contribution is -2.53. The molecule has 0 radical (unpaired) electrons. The van der Waals surface area contributed by atoms with Crippen molar-refractivity contribution < 1.29 is 57.2 Å². The van der Waals surface area contributed by atoms with Crippen LogP contribution in [0.2, 0.25) is 0 Å². The minimum Gasteiger partial charge on any atom is -0.462 e. The van der Waals surface area contributed by atoms with E-state index < -0.39 is 0 Å². The van der Waals surface area contributed by atoms with Crippen molar-refractivity contribution in [2.75, 3.05) is 0 Å². The number of hydrogen-bond donors (Lipinski definition) is 0. The molecule has 20 bridgehead atoms. The van der Waals surface area contributed by atoms with Crippen LogP contribution >= 0.6 is 0 Å². The van der Waals surface area contributed by atoms with Gasteiger partial charge in [-0.05, 0) is 313 Å². The maximum atomic E-state index is 13.3. The molecule has 2 saturated heterocycles. The Morgan fingerprint density at radius 3 is 1.29 bits per heavy atom. The maximum Gasteiger partial charge on any atom is 0.310 e. The number of carbonyl (C=O) groups is 6. The Morgan fingerprint density at radius 2 is 0.768 bits per heavy atom. The molecule has 2 heterocycles. The van der Waals surface area contributed by atoms with Crippen LogP contribution in [0.15, 0.2) is 0 Å². The Kier molecular flexibility index (Phi) is 15.0. The number of rotatable bonds is 8. The summed E-state index contributed by atoms with van der Waals surface area (Å²) in [5.41, 5.74) is -0.0392. The normalized spacial score (nSPS) is 59.0. The highest BCUT2D eigenvalue weighted by Crippen LogP contribution is 2.74. The molecule has 21 saturated carbocycles. The summed E-state index contributed by atoms with van der Waals surface area (Å²) in [5, 5.41) is 0. The summed E-state index contributed by atoms with van der Waals surface area (Å²) < 4.78 is 35.7. The van der Waals surface area contributed by atoms with Gasteiger partial charge in [0.2, 0.25) is 0 Å². The molecular weight excluding hydrogens is 1190 g/mol. The number of carbonyl (C=O) groups excluding carboxylic acids is 6. The molecule has 23 rings (SSSR count). The second-order valence-electron chi connectivity index (χ2n) is 39.6. The molecule has 12 heteroatoms. The Bertz CT molecular complexity index is 3050. The Balaban J connectivity index is 0.0000000909. The molecule has 21 aliphatic carbocycles. The molecule has 23 fully saturated rings. The number of fused-ring (bicyclic) bond motifs is 24. The molecule has 95 heavy (non-hydrogen) atoms. The van der Waals surface area contributed by atoms with E-state index in [9.17, 15) is 28.8 Å². The average Bonchev–Trinajstić information content (AvgIpc) is 1.57. The highest BCUT2D eigenvalue weighted by molar-refractivity contribution is 5.79. The molecule has 0 amide bonds. The van der Waals surface area contributed by atoms with Gasteiger partial charge in [0.05, 0.1) is 35.5 Å². The molecule has 0 N–H and O–H groups in total. The van der Waals surface area contributed by atoms with Gasteiger partial charge in [-0.2, -0.15) is 0 Å². The van der Waals surface area contributed by atoms with Crippen molar-refractivity contribution in [3.63, 3.8) is 0 Å². The third-order valence-corrected chi connectivity index (χ3v) is 36.7. The fourth-order valence-electron chi connectivity index (χ4n) is 32.3. The van der Waals surface area contributed by atoms with E-state index in [1.165, 1.54) is 96.3 Å². The van der Waals surface area contributed by atoms with E-state index in [4.69, 9.17) is 28.4 Å². The lowest BCUT2D eigenvalue weighted by Gasteiger charge is -2.56. The number of hydrogen-bond acceptors (Lipinski definition) is 12.